The van der Waals surface area contributed by atoms with Gasteiger partial charge in [-0.3, -0.25) is 4.98 Å². The van der Waals surface area contributed by atoms with Gasteiger partial charge in [0.2, 0.25) is 5.89 Å². The summed E-state index contributed by atoms with van der Waals surface area (Å²) in [5, 5.41) is 4.03. The minimum absolute atomic E-state index is 0.292. The second-order valence-corrected chi connectivity index (χ2v) is 7.20. The van der Waals surface area contributed by atoms with Gasteiger partial charge in [-0.1, -0.05) is 13.0 Å². The van der Waals surface area contributed by atoms with Crippen LogP contribution in [0.5, 0.6) is 0 Å². The molecule has 0 unspecified atom stereocenters. The van der Waals surface area contributed by atoms with E-state index in [1.807, 2.05) is 37.2 Å². The van der Waals surface area contributed by atoms with E-state index in [0.29, 0.717) is 17.7 Å². The quantitative estimate of drug-likeness (QED) is 0.669. The van der Waals surface area contributed by atoms with Crippen LogP contribution >= 0.6 is 0 Å². The van der Waals surface area contributed by atoms with E-state index in [9.17, 15) is 0 Å². The molecule has 8 heteroatoms. The maximum atomic E-state index is 5.46. The highest BCUT2D eigenvalue weighted by molar-refractivity contribution is 5.54. The predicted octanol–water partition coefficient (Wildman–Crippen LogP) is 2.93. The number of hydrogen-bond acceptors (Lipinski definition) is 8. The lowest BCUT2D eigenvalue weighted by Crippen LogP contribution is -2.33. The molecule has 0 amide bonds. The molecule has 0 aromatic carbocycles. The summed E-state index contributed by atoms with van der Waals surface area (Å²) in [5.74, 6) is 3.30. The highest BCUT2D eigenvalue weighted by atomic mass is 16.5. The van der Waals surface area contributed by atoms with Crippen LogP contribution in [0.25, 0.3) is 11.5 Å². The molecule has 0 bridgehead atoms. The Balaban J connectivity index is 1.51. The van der Waals surface area contributed by atoms with Gasteiger partial charge >= 0.3 is 0 Å². The smallest absolute Gasteiger partial charge is 0.265 e. The molecule has 4 heterocycles. The van der Waals surface area contributed by atoms with Crippen LogP contribution in [-0.4, -0.2) is 52.3 Å². The first-order chi connectivity index (χ1) is 13.6. The highest BCUT2D eigenvalue weighted by Gasteiger charge is 2.26. The van der Waals surface area contributed by atoms with E-state index in [1.54, 1.807) is 6.20 Å². The third-order valence-electron chi connectivity index (χ3n) is 5.02. The molecule has 0 saturated carbocycles. The molecule has 1 saturated heterocycles. The van der Waals surface area contributed by atoms with Crippen LogP contribution in [0, 0.1) is 0 Å². The fraction of sp³-hybridized carbons (Fsp3) is 0.450. The van der Waals surface area contributed by atoms with Crippen molar-refractivity contribution in [1.82, 2.24) is 25.1 Å². The third-order valence-corrected chi connectivity index (χ3v) is 5.02. The first-order valence-corrected chi connectivity index (χ1v) is 9.69. The van der Waals surface area contributed by atoms with Gasteiger partial charge in [0.15, 0.2) is 5.82 Å². The Morgan fingerprint density at radius 1 is 1.14 bits per heavy atom. The van der Waals surface area contributed by atoms with Gasteiger partial charge in [0.1, 0.15) is 11.5 Å². The molecule has 0 spiro atoms. The number of aromatic nitrogens is 5. The summed E-state index contributed by atoms with van der Waals surface area (Å²) < 4.78 is 5.46. The highest BCUT2D eigenvalue weighted by Crippen LogP contribution is 2.30. The molecule has 0 N–H and O–H groups in total. The minimum Gasteiger partial charge on any atom is -0.356 e. The van der Waals surface area contributed by atoms with Gasteiger partial charge < -0.3 is 14.3 Å². The van der Waals surface area contributed by atoms with Crippen LogP contribution in [0.1, 0.15) is 37.3 Å². The van der Waals surface area contributed by atoms with Crippen molar-refractivity contribution in [3.8, 4) is 11.5 Å². The van der Waals surface area contributed by atoms with Gasteiger partial charge in [0, 0.05) is 51.1 Å². The van der Waals surface area contributed by atoms with Crippen molar-refractivity contribution in [2.24, 2.45) is 0 Å². The van der Waals surface area contributed by atoms with E-state index in [0.717, 1.165) is 55.4 Å². The van der Waals surface area contributed by atoms with E-state index in [1.165, 1.54) is 0 Å². The van der Waals surface area contributed by atoms with Crippen molar-refractivity contribution in [3.63, 3.8) is 0 Å². The van der Waals surface area contributed by atoms with Crippen molar-refractivity contribution >= 4 is 11.8 Å². The number of pyridine rings is 1. The summed E-state index contributed by atoms with van der Waals surface area (Å²) in [6.07, 6.45) is 4.55. The summed E-state index contributed by atoms with van der Waals surface area (Å²) in [5.41, 5.74) is 1.83. The van der Waals surface area contributed by atoms with E-state index in [2.05, 4.69) is 38.0 Å². The molecular formula is C20H25N7O. The van der Waals surface area contributed by atoms with Gasteiger partial charge in [-0.2, -0.15) is 4.98 Å². The molecule has 1 aliphatic rings. The van der Waals surface area contributed by atoms with Gasteiger partial charge in [0.25, 0.3) is 5.95 Å². The van der Waals surface area contributed by atoms with Crippen molar-refractivity contribution in [3.05, 3.63) is 42.0 Å². The number of hydrogen-bond donors (Lipinski definition) is 0. The monoisotopic (exact) mass is 379 g/mol. The summed E-state index contributed by atoms with van der Waals surface area (Å²) in [6.45, 7) is 3.90. The van der Waals surface area contributed by atoms with E-state index in [4.69, 9.17) is 9.51 Å². The number of aryl methyl sites for hydroxylation is 1. The van der Waals surface area contributed by atoms with Crippen molar-refractivity contribution in [2.45, 2.75) is 32.1 Å². The zero-order valence-electron chi connectivity index (χ0n) is 16.5. The first kappa shape index (κ1) is 18.3. The van der Waals surface area contributed by atoms with Gasteiger partial charge in [0.05, 0.1) is 0 Å². The van der Waals surface area contributed by atoms with Crippen LogP contribution < -0.4 is 9.80 Å². The Morgan fingerprint density at radius 2 is 1.96 bits per heavy atom. The second-order valence-electron chi connectivity index (χ2n) is 7.20. The van der Waals surface area contributed by atoms with Crippen molar-refractivity contribution < 1.29 is 4.52 Å². The molecule has 4 rings (SSSR count). The first-order valence-electron chi connectivity index (χ1n) is 9.69. The fourth-order valence-corrected chi connectivity index (χ4v) is 3.37. The van der Waals surface area contributed by atoms with Crippen LogP contribution in [0.2, 0.25) is 0 Å². The van der Waals surface area contributed by atoms with Crippen molar-refractivity contribution in [2.75, 3.05) is 37.0 Å². The predicted molar refractivity (Wildman–Crippen MR) is 107 cm³/mol. The summed E-state index contributed by atoms with van der Waals surface area (Å²) in [4.78, 5) is 22.5. The molecule has 1 fully saturated rings. The van der Waals surface area contributed by atoms with Gasteiger partial charge in [-0.05, 0) is 36.6 Å². The standard InChI is InChI=1S/C20H25N7O/c1-4-15-13-17(23-18(22-15)16-7-5-6-10-21-16)27-11-8-14(9-12-27)19-24-20(25-28-19)26(2)3/h5-7,10,13-14H,4,8-9,11-12H2,1-3H3. The molecule has 28 heavy (non-hydrogen) atoms. The van der Waals surface area contributed by atoms with Gasteiger partial charge in [-0.15, -0.1) is 0 Å². The zero-order valence-corrected chi connectivity index (χ0v) is 16.5. The maximum Gasteiger partial charge on any atom is 0.265 e. The number of piperidine rings is 1. The SMILES string of the molecule is CCc1cc(N2CCC(c3nc(N(C)C)no3)CC2)nc(-c2ccccn2)n1. The molecule has 3 aromatic heterocycles. The summed E-state index contributed by atoms with van der Waals surface area (Å²) in [6, 6.07) is 7.90. The maximum absolute atomic E-state index is 5.46. The van der Waals surface area contributed by atoms with Crippen LogP contribution in [0.3, 0.4) is 0 Å². The van der Waals surface area contributed by atoms with Gasteiger partial charge in [-0.25, -0.2) is 9.97 Å². The summed E-state index contributed by atoms with van der Waals surface area (Å²) in [7, 11) is 3.83. The Labute approximate surface area is 164 Å². The lowest BCUT2D eigenvalue weighted by Gasteiger charge is -2.31. The molecule has 0 atom stereocenters. The molecule has 3 aromatic rings. The Kier molecular flexibility index (Phi) is 5.18. The third kappa shape index (κ3) is 3.81. The molecule has 0 aliphatic carbocycles. The van der Waals surface area contributed by atoms with E-state index >= 15 is 0 Å². The Hall–Kier alpha value is -3.03. The molecule has 146 valence electrons. The summed E-state index contributed by atoms with van der Waals surface area (Å²) >= 11 is 0. The van der Waals surface area contributed by atoms with Crippen LogP contribution in [-0.2, 0) is 6.42 Å². The van der Waals surface area contributed by atoms with E-state index < -0.39 is 0 Å². The Bertz CT molecular complexity index is 917. The number of nitrogens with zero attached hydrogens (tertiary/aromatic N) is 7. The second kappa shape index (κ2) is 7.92. The average Bonchev–Trinajstić information content (AvgIpc) is 3.25. The van der Waals surface area contributed by atoms with E-state index in [-0.39, 0.29) is 0 Å². The fourth-order valence-electron chi connectivity index (χ4n) is 3.37. The lowest BCUT2D eigenvalue weighted by molar-refractivity contribution is 0.329. The largest absolute Gasteiger partial charge is 0.356 e. The molecule has 8 nitrogen and oxygen atoms in total. The normalized spacial score (nSPS) is 15.0. The minimum atomic E-state index is 0.292. The van der Waals surface area contributed by atoms with Crippen molar-refractivity contribution in [1.29, 1.82) is 0 Å². The molecule has 0 radical (unpaired) electrons. The number of rotatable bonds is 5. The molecular weight excluding hydrogens is 354 g/mol. The Morgan fingerprint density at radius 3 is 2.61 bits per heavy atom. The number of anilines is 2. The van der Waals surface area contributed by atoms with Crippen LogP contribution in [0.4, 0.5) is 11.8 Å². The zero-order chi connectivity index (χ0) is 19.5. The topological polar surface area (TPSA) is 84.1 Å². The molecule has 1 aliphatic heterocycles. The average molecular weight is 379 g/mol. The lowest BCUT2D eigenvalue weighted by atomic mass is 9.97. The van der Waals surface area contributed by atoms with Crippen LogP contribution in [0.15, 0.2) is 35.0 Å².